The molecule has 0 saturated carbocycles. The summed E-state index contributed by atoms with van der Waals surface area (Å²) >= 11 is 0. The number of amides is 1. The fourth-order valence-corrected chi connectivity index (χ4v) is 5.10. The average Bonchev–Trinajstić information content (AvgIpc) is 2.87. The van der Waals surface area contributed by atoms with E-state index in [9.17, 15) is 4.79 Å². The molecule has 0 bridgehead atoms. The maximum absolute atomic E-state index is 12.9. The number of nitrogens with two attached hydrogens (primary N) is 1. The number of nitrogens with zero attached hydrogens (tertiary/aromatic N) is 4. The quantitative estimate of drug-likeness (QED) is 0.550. The molecule has 2 N–H and O–H groups in total. The Labute approximate surface area is 213 Å². The number of fused-ring (bicyclic) bond motifs is 1. The van der Waals surface area contributed by atoms with Gasteiger partial charge >= 0.3 is 0 Å². The Hall–Kier alpha value is -3.55. The molecule has 1 aliphatic heterocycles. The Morgan fingerprint density at radius 2 is 1.67 bits per heavy atom. The van der Waals surface area contributed by atoms with Crippen LogP contribution in [0.2, 0.25) is 0 Å². The molecule has 0 radical (unpaired) electrons. The molecule has 0 unspecified atom stereocenters. The van der Waals surface area contributed by atoms with Gasteiger partial charge in [-0.15, -0.1) is 0 Å². The summed E-state index contributed by atoms with van der Waals surface area (Å²) in [5, 5.41) is 0.719. The van der Waals surface area contributed by atoms with E-state index in [1.165, 1.54) is 5.56 Å². The van der Waals surface area contributed by atoms with E-state index in [4.69, 9.17) is 20.2 Å². The third-order valence-electron chi connectivity index (χ3n) is 7.14. The normalized spacial score (nSPS) is 15.6. The first kappa shape index (κ1) is 25.5. The van der Waals surface area contributed by atoms with E-state index in [0.29, 0.717) is 35.3 Å². The Morgan fingerprint density at radius 3 is 2.25 bits per heavy atom. The van der Waals surface area contributed by atoms with Crippen molar-refractivity contribution >= 4 is 28.6 Å². The molecule has 8 nitrogen and oxygen atoms in total. The molecule has 2 aromatic carbocycles. The van der Waals surface area contributed by atoms with Crippen LogP contribution < -0.4 is 20.1 Å². The largest absolute Gasteiger partial charge is 0.493 e. The molecule has 36 heavy (non-hydrogen) atoms. The van der Waals surface area contributed by atoms with E-state index in [1.807, 2.05) is 44.9 Å². The molecule has 3 aromatic rings. The molecular weight excluding hydrogens is 454 g/mol. The highest BCUT2D eigenvalue weighted by molar-refractivity contribution is 5.91. The first-order valence-electron chi connectivity index (χ1n) is 12.3. The van der Waals surface area contributed by atoms with E-state index < -0.39 is 0 Å². The second-order valence-corrected chi connectivity index (χ2v) is 10.7. The van der Waals surface area contributed by atoms with Crippen molar-refractivity contribution in [3.63, 3.8) is 0 Å². The van der Waals surface area contributed by atoms with Crippen molar-refractivity contribution in [1.82, 2.24) is 14.9 Å². The minimum atomic E-state index is -0.385. The number of ether oxygens (including phenoxy) is 2. The molecule has 2 heterocycles. The molecule has 8 heteroatoms. The van der Waals surface area contributed by atoms with Crippen LogP contribution in [0.25, 0.3) is 10.9 Å². The van der Waals surface area contributed by atoms with E-state index in [0.717, 1.165) is 31.3 Å². The number of piperidine rings is 1. The maximum Gasteiger partial charge on any atom is 0.227 e. The molecule has 1 aromatic heterocycles. The first-order chi connectivity index (χ1) is 17.1. The number of benzene rings is 2. The van der Waals surface area contributed by atoms with Crippen LogP contribution in [0.5, 0.6) is 11.5 Å². The van der Waals surface area contributed by atoms with Crippen molar-refractivity contribution in [3.05, 3.63) is 48.0 Å². The van der Waals surface area contributed by atoms with E-state index in [-0.39, 0.29) is 16.7 Å². The topological polar surface area (TPSA) is 93.8 Å². The standard InChI is InChI=1S/C28H37N5O3/c1-27(2,3)25(34)33-14-12-28(13-15-33,19-10-8-7-9-11-19)18-32(4)26-30-21-17-23(36-6)22(35-5)16-20(21)24(29)31-26/h7-11,16-17H,12-15,18H2,1-6H3,(H2,29,30,31). The van der Waals surface area contributed by atoms with Gasteiger partial charge in [-0.3, -0.25) is 4.79 Å². The minimum Gasteiger partial charge on any atom is -0.493 e. The van der Waals surface area contributed by atoms with Crippen LogP contribution in [0.3, 0.4) is 0 Å². The highest BCUT2D eigenvalue weighted by atomic mass is 16.5. The number of carbonyl (C=O) groups excluding carboxylic acids is 1. The third-order valence-corrected chi connectivity index (χ3v) is 7.14. The summed E-state index contributed by atoms with van der Waals surface area (Å²) in [6.45, 7) is 8.08. The molecule has 192 valence electrons. The molecule has 4 rings (SSSR count). The number of carbonyl (C=O) groups is 1. The lowest BCUT2D eigenvalue weighted by molar-refractivity contribution is -0.141. The number of likely N-dealkylation sites (N-methyl/N-ethyl adjacent to an activating group) is 1. The third kappa shape index (κ3) is 4.90. The van der Waals surface area contributed by atoms with Gasteiger partial charge in [-0.1, -0.05) is 51.1 Å². The van der Waals surface area contributed by atoms with E-state index in [2.05, 4.69) is 34.1 Å². The van der Waals surface area contributed by atoms with Crippen LogP contribution in [0.4, 0.5) is 11.8 Å². The zero-order valence-electron chi connectivity index (χ0n) is 22.2. The summed E-state index contributed by atoms with van der Waals surface area (Å²) in [6.07, 6.45) is 1.72. The van der Waals surface area contributed by atoms with Gasteiger partial charge in [0, 0.05) is 49.0 Å². The Bertz CT molecular complexity index is 1230. The van der Waals surface area contributed by atoms with Gasteiger partial charge < -0.3 is 25.0 Å². The number of methoxy groups -OCH3 is 2. The molecule has 1 saturated heterocycles. The molecule has 1 fully saturated rings. The number of hydrogen-bond acceptors (Lipinski definition) is 7. The fraction of sp³-hybridized carbons (Fsp3) is 0.464. The van der Waals surface area contributed by atoms with Crippen molar-refractivity contribution in [2.24, 2.45) is 5.41 Å². The predicted molar refractivity (Wildman–Crippen MR) is 144 cm³/mol. The molecule has 0 aliphatic carbocycles. The van der Waals surface area contributed by atoms with Crippen molar-refractivity contribution < 1.29 is 14.3 Å². The smallest absolute Gasteiger partial charge is 0.227 e. The van der Waals surface area contributed by atoms with Crippen molar-refractivity contribution in [2.45, 2.75) is 39.0 Å². The number of hydrogen-bond donors (Lipinski definition) is 1. The van der Waals surface area contributed by atoms with Gasteiger partial charge in [0.2, 0.25) is 11.9 Å². The molecule has 1 aliphatic rings. The van der Waals surface area contributed by atoms with Crippen LogP contribution in [0, 0.1) is 5.41 Å². The summed E-state index contributed by atoms with van der Waals surface area (Å²) in [5.41, 5.74) is 7.79. The molecule has 0 atom stereocenters. The lowest BCUT2D eigenvalue weighted by Crippen LogP contribution is -2.52. The molecular formula is C28H37N5O3. The van der Waals surface area contributed by atoms with Crippen LogP contribution >= 0.6 is 0 Å². The second kappa shape index (κ2) is 9.84. The Kier molecular flexibility index (Phi) is 6.98. The maximum atomic E-state index is 12.9. The van der Waals surface area contributed by atoms with Gasteiger partial charge in [0.25, 0.3) is 0 Å². The van der Waals surface area contributed by atoms with Gasteiger partial charge in [-0.25, -0.2) is 4.98 Å². The second-order valence-electron chi connectivity index (χ2n) is 10.7. The van der Waals surface area contributed by atoms with Crippen LogP contribution in [-0.2, 0) is 10.2 Å². The summed E-state index contributed by atoms with van der Waals surface area (Å²) in [7, 11) is 5.19. The average molecular weight is 492 g/mol. The van der Waals surface area contributed by atoms with Gasteiger partial charge in [-0.05, 0) is 24.5 Å². The Balaban J connectivity index is 1.65. The zero-order chi connectivity index (χ0) is 26.1. The minimum absolute atomic E-state index is 0.144. The summed E-state index contributed by atoms with van der Waals surface area (Å²) in [5.74, 6) is 2.32. The number of anilines is 2. The summed E-state index contributed by atoms with van der Waals surface area (Å²) < 4.78 is 10.9. The molecule has 1 amide bonds. The number of rotatable bonds is 6. The number of aromatic nitrogens is 2. The zero-order valence-corrected chi connectivity index (χ0v) is 22.2. The van der Waals surface area contributed by atoms with Gasteiger partial charge in [0.05, 0.1) is 19.7 Å². The van der Waals surface area contributed by atoms with Crippen molar-refractivity contribution in [3.8, 4) is 11.5 Å². The van der Waals surface area contributed by atoms with Crippen molar-refractivity contribution in [1.29, 1.82) is 0 Å². The number of likely N-dealkylation sites (tertiary alicyclic amines) is 1. The predicted octanol–water partition coefficient (Wildman–Crippen LogP) is 4.27. The van der Waals surface area contributed by atoms with Gasteiger partial charge in [0.15, 0.2) is 11.5 Å². The molecule has 0 spiro atoms. The number of nitrogen functional groups attached to an aromatic ring is 1. The van der Waals surface area contributed by atoms with Gasteiger partial charge in [-0.2, -0.15) is 4.98 Å². The Morgan fingerprint density at radius 1 is 1.06 bits per heavy atom. The van der Waals surface area contributed by atoms with Gasteiger partial charge in [0.1, 0.15) is 5.82 Å². The fourth-order valence-electron chi connectivity index (χ4n) is 5.10. The van der Waals surface area contributed by atoms with Crippen LogP contribution in [-0.4, -0.2) is 61.7 Å². The van der Waals surface area contributed by atoms with Crippen molar-refractivity contribution in [2.75, 3.05) is 51.5 Å². The SMILES string of the molecule is COc1cc2nc(N(C)CC3(c4ccccc4)CCN(C(=O)C(C)(C)C)CC3)nc(N)c2cc1OC. The van der Waals surface area contributed by atoms with E-state index in [1.54, 1.807) is 20.3 Å². The van der Waals surface area contributed by atoms with E-state index >= 15 is 0 Å². The summed E-state index contributed by atoms with van der Waals surface area (Å²) in [4.78, 5) is 26.5. The summed E-state index contributed by atoms with van der Waals surface area (Å²) in [6, 6.07) is 14.2. The highest BCUT2D eigenvalue weighted by Gasteiger charge is 2.40. The first-order valence-corrected chi connectivity index (χ1v) is 12.3. The monoisotopic (exact) mass is 491 g/mol. The highest BCUT2D eigenvalue weighted by Crippen LogP contribution is 2.39. The van der Waals surface area contributed by atoms with Crippen LogP contribution in [0.1, 0.15) is 39.2 Å². The van der Waals surface area contributed by atoms with Crippen LogP contribution in [0.15, 0.2) is 42.5 Å². The lowest BCUT2D eigenvalue weighted by Gasteiger charge is -2.45. The lowest BCUT2D eigenvalue weighted by atomic mass is 9.72.